The van der Waals surface area contributed by atoms with Gasteiger partial charge in [0.2, 0.25) is 0 Å². The van der Waals surface area contributed by atoms with E-state index >= 15 is 0 Å². The first-order valence-corrected chi connectivity index (χ1v) is 8.87. The predicted octanol–water partition coefficient (Wildman–Crippen LogP) is 3.74. The maximum atomic E-state index is 12.6. The second-order valence-electron chi connectivity index (χ2n) is 6.23. The van der Waals surface area contributed by atoms with Crippen molar-refractivity contribution < 1.29 is 14.3 Å². The highest BCUT2D eigenvalue weighted by atomic mass is 16.5. The highest BCUT2D eigenvalue weighted by Gasteiger charge is 2.15. The molecule has 1 amide bonds. The van der Waals surface area contributed by atoms with Crippen LogP contribution in [-0.2, 0) is 0 Å². The van der Waals surface area contributed by atoms with E-state index < -0.39 is 0 Å². The summed E-state index contributed by atoms with van der Waals surface area (Å²) in [7, 11) is 3.17. The summed E-state index contributed by atoms with van der Waals surface area (Å²) in [6, 6.07) is 16.4. The van der Waals surface area contributed by atoms with Gasteiger partial charge in [-0.25, -0.2) is 0 Å². The van der Waals surface area contributed by atoms with Gasteiger partial charge in [0, 0.05) is 17.4 Å². The number of aromatic nitrogens is 4. The Hall–Kier alpha value is -4.07. The maximum Gasteiger partial charge on any atom is 0.273 e. The Morgan fingerprint density at radius 3 is 2.48 bits per heavy atom. The van der Waals surface area contributed by atoms with Gasteiger partial charge < -0.3 is 14.8 Å². The van der Waals surface area contributed by atoms with Crippen molar-refractivity contribution >= 4 is 11.6 Å². The molecular formula is C21H19N5O3. The Bertz CT molecular complexity index is 1120. The zero-order valence-electron chi connectivity index (χ0n) is 15.9. The van der Waals surface area contributed by atoms with Crippen molar-refractivity contribution in [3.63, 3.8) is 0 Å². The fourth-order valence-electron chi connectivity index (χ4n) is 2.94. The van der Waals surface area contributed by atoms with Gasteiger partial charge in [0.15, 0.2) is 0 Å². The van der Waals surface area contributed by atoms with E-state index in [0.717, 1.165) is 16.8 Å². The third-order valence-corrected chi connectivity index (χ3v) is 4.46. The van der Waals surface area contributed by atoms with E-state index in [-0.39, 0.29) is 5.91 Å². The van der Waals surface area contributed by atoms with Crippen LogP contribution in [0, 0.1) is 0 Å². The number of amides is 1. The van der Waals surface area contributed by atoms with Gasteiger partial charge in [0.05, 0.1) is 25.6 Å². The lowest BCUT2D eigenvalue weighted by Gasteiger charge is -2.08. The molecule has 2 heterocycles. The van der Waals surface area contributed by atoms with Gasteiger partial charge >= 0.3 is 0 Å². The number of benzene rings is 2. The normalized spacial score (nSPS) is 10.6. The monoisotopic (exact) mass is 389 g/mol. The maximum absolute atomic E-state index is 12.6. The minimum absolute atomic E-state index is 0.292. The molecule has 0 aliphatic rings. The Balaban J connectivity index is 1.52. The molecular weight excluding hydrogens is 370 g/mol. The molecule has 0 saturated heterocycles. The third-order valence-electron chi connectivity index (χ3n) is 4.46. The molecule has 8 nitrogen and oxygen atoms in total. The largest absolute Gasteiger partial charge is 0.497 e. The second-order valence-corrected chi connectivity index (χ2v) is 6.23. The van der Waals surface area contributed by atoms with Crippen LogP contribution in [0.5, 0.6) is 11.5 Å². The molecule has 0 saturated carbocycles. The van der Waals surface area contributed by atoms with E-state index in [2.05, 4.69) is 25.7 Å². The number of H-pyrrole nitrogens is 2. The molecule has 4 rings (SSSR count). The molecule has 8 heteroatoms. The zero-order chi connectivity index (χ0) is 20.2. The van der Waals surface area contributed by atoms with Crippen molar-refractivity contribution in [3.05, 3.63) is 66.5 Å². The summed E-state index contributed by atoms with van der Waals surface area (Å²) in [5.41, 5.74) is 4.21. The van der Waals surface area contributed by atoms with Crippen LogP contribution in [0.15, 0.2) is 60.8 Å². The van der Waals surface area contributed by atoms with Gasteiger partial charge in [-0.15, -0.1) is 0 Å². The molecule has 29 heavy (non-hydrogen) atoms. The molecule has 146 valence electrons. The number of hydrogen-bond acceptors (Lipinski definition) is 5. The Morgan fingerprint density at radius 2 is 1.79 bits per heavy atom. The molecule has 0 bridgehead atoms. The van der Waals surface area contributed by atoms with E-state index in [1.165, 1.54) is 0 Å². The smallest absolute Gasteiger partial charge is 0.273 e. The van der Waals surface area contributed by atoms with Crippen LogP contribution in [0.2, 0.25) is 0 Å². The van der Waals surface area contributed by atoms with Crippen LogP contribution in [-0.4, -0.2) is 40.5 Å². The predicted molar refractivity (Wildman–Crippen MR) is 109 cm³/mol. The summed E-state index contributed by atoms with van der Waals surface area (Å²) in [5.74, 6) is 1.02. The van der Waals surface area contributed by atoms with Gasteiger partial charge in [-0.3, -0.25) is 15.0 Å². The van der Waals surface area contributed by atoms with Crippen LogP contribution in [0.4, 0.5) is 5.69 Å². The van der Waals surface area contributed by atoms with E-state index in [4.69, 9.17) is 9.47 Å². The van der Waals surface area contributed by atoms with Crippen molar-refractivity contribution in [2.45, 2.75) is 0 Å². The van der Waals surface area contributed by atoms with Crippen molar-refractivity contribution in [3.8, 4) is 34.0 Å². The number of carbonyl (C=O) groups excluding carboxylic acids is 1. The van der Waals surface area contributed by atoms with Crippen molar-refractivity contribution in [2.24, 2.45) is 0 Å². The van der Waals surface area contributed by atoms with E-state index in [1.54, 1.807) is 38.6 Å². The van der Waals surface area contributed by atoms with E-state index in [9.17, 15) is 4.79 Å². The van der Waals surface area contributed by atoms with E-state index in [1.807, 2.05) is 36.4 Å². The van der Waals surface area contributed by atoms with Gasteiger partial charge in [-0.05, 0) is 48.0 Å². The fourth-order valence-corrected chi connectivity index (χ4v) is 2.94. The molecule has 0 spiro atoms. The number of methoxy groups -OCH3 is 2. The Morgan fingerprint density at radius 1 is 0.966 bits per heavy atom. The number of hydrogen-bond donors (Lipinski definition) is 3. The molecule has 0 atom stereocenters. The molecule has 4 aromatic rings. The molecule has 0 fully saturated rings. The van der Waals surface area contributed by atoms with Crippen molar-refractivity contribution in [1.29, 1.82) is 0 Å². The van der Waals surface area contributed by atoms with Crippen molar-refractivity contribution in [1.82, 2.24) is 20.4 Å². The summed E-state index contributed by atoms with van der Waals surface area (Å²) in [6.07, 6.45) is 1.69. The lowest BCUT2D eigenvalue weighted by Crippen LogP contribution is -2.12. The zero-order valence-corrected chi connectivity index (χ0v) is 15.9. The minimum Gasteiger partial charge on any atom is -0.497 e. The first-order chi connectivity index (χ1) is 14.2. The number of nitrogens with zero attached hydrogens (tertiary/aromatic N) is 2. The number of carbonyl (C=O) groups is 1. The summed E-state index contributed by atoms with van der Waals surface area (Å²) in [5, 5.41) is 16.7. The van der Waals surface area contributed by atoms with Gasteiger partial charge in [0.25, 0.3) is 5.91 Å². The van der Waals surface area contributed by atoms with Gasteiger partial charge in [0.1, 0.15) is 17.2 Å². The number of nitrogens with one attached hydrogen (secondary N) is 3. The molecule has 2 aromatic carbocycles. The molecule has 0 aliphatic heterocycles. The first kappa shape index (κ1) is 18.3. The molecule has 0 unspecified atom stereocenters. The highest BCUT2D eigenvalue weighted by Crippen LogP contribution is 2.32. The number of rotatable bonds is 6. The average Bonchev–Trinajstić information content (AvgIpc) is 3.46. The minimum atomic E-state index is -0.292. The molecule has 3 N–H and O–H groups in total. The van der Waals surface area contributed by atoms with Crippen LogP contribution >= 0.6 is 0 Å². The SMILES string of the molecule is COc1ccc(OC)c(-c2cc(C(=O)Nc3ccc(-c4ccn[nH]4)cc3)[nH]n2)c1. The average molecular weight is 389 g/mol. The number of anilines is 1. The number of aromatic amines is 2. The standard InChI is InChI=1S/C21H19N5O3/c1-28-15-7-8-20(29-2)16(11-15)18-12-19(26-25-18)21(27)23-14-5-3-13(4-6-14)17-9-10-22-24-17/h3-12H,1-2H3,(H,22,24)(H,23,27)(H,25,26). The van der Waals surface area contributed by atoms with Gasteiger partial charge in [-0.1, -0.05) is 12.1 Å². The van der Waals surface area contributed by atoms with Crippen LogP contribution in [0.3, 0.4) is 0 Å². The Kier molecular flexibility index (Phi) is 4.98. The van der Waals surface area contributed by atoms with Gasteiger partial charge in [-0.2, -0.15) is 10.2 Å². The van der Waals surface area contributed by atoms with Crippen molar-refractivity contribution in [2.75, 3.05) is 19.5 Å². The van der Waals surface area contributed by atoms with Crippen LogP contribution in [0.25, 0.3) is 22.5 Å². The molecule has 0 radical (unpaired) electrons. The molecule has 2 aromatic heterocycles. The summed E-state index contributed by atoms with van der Waals surface area (Å²) < 4.78 is 10.7. The lowest BCUT2D eigenvalue weighted by atomic mass is 10.1. The third kappa shape index (κ3) is 3.81. The summed E-state index contributed by atoms with van der Waals surface area (Å²) in [4.78, 5) is 12.6. The summed E-state index contributed by atoms with van der Waals surface area (Å²) >= 11 is 0. The van der Waals surface area contributed by atoms with Crippen LogP contribution in [0.1, 0.15) is 10.5 Å². The lowest BCUT2D eigenvalue weighted by molar-refractivity contribution is 0.102. The highest BCUT2D eigenvalue weighted by molar-refractivity contribution is 6.03. The quantitative estimate of drug-likeness (QED) is 0.466. The van der Waals surface area contributed by atoms with Crippen LogP contribution < -0.4 is 14.8 Å². The first-order valence-electron chi connectivity index (χ1n) is 8.87. The topological polar surface area (TPSA) is 105 Å². The Labute approximate surface area is 166 Å². The van der Waals surface area contributed by atoms with E-state index in [0.29, 0.717) is 28.6 Å². The second kappa shape index (κ2) is 7.89. The summed E-state index contributed by atoms with van der Waals surface area (Å²) in [6.45, 7) is 0. The molecule has 0 aliphatic carbocycles. The fraction of sp³-hybridized carbons (Fsp3) is 0.0952. The number of ether oxygens (including phenoxy) is 2.